The molecule has 1 aromatic heterocycles. The second-order valence-electron chi connectivity index (χ2n) is 6.93. The number of aliphatic carboxylic acids is 1. The summed E-state index contributed by atoms with van der Waals surface area (Å²) in [6.07, 6.45) is 10.8. The number of nitrogens with zero attached hydrogens (tertiary/aromatic N) is 1. The lowest BCUT2D eigenvalue weighted by Gasteiger charge is -2.36. The highest BCUT2D eigenvalue weighted by Crippen LogP contribution is 2.34. The van der Waals surface area contributed by atoms with Crippen molar-refractivity contribution in [1.82, 2.24) is 4.90 Å². The maximum Gasteiger partial charge on any atom is 0.306 e. The molecular weight excluding hydrogens is 294 g/mol. The summed E-state index contributed by atoms with van der Waals surface area (Å²) in [5.74, 6) is -1.11. The largest absolute Gasteiger partial charge is 0.481 e. The van der Waals surface area contributed by atoms with Crippen LogP contribution in [-0.4, -0.2) is 27.9 Å². The van der Waals surface area contributed by atoms with E-state index in [0.29, 0.717) is 25.8 Å². The predicted molar refractivity (Wildman–Crippen MR) is 84.6 cm³/mol. The number of rotatable bonds is 5. The van der Waals surface area contributed by atoms with E-state index in [1.54, 1.807) is 12.5 Å². The molecular formula is C18H25NO4. The Balaban J connectivity index is 1.71. The summed E-state index contributed by atoms with van der Waals surface area (Å²) >= 11 is 0. The number of carbonyl (C=O) groups is 2. The summed E-state index contributed by atoms with van der Waals surface area (Å²) in [6.45, 7) is 0.578. The van der Waals surface area contributed by atoms with Crippen molar-refractivity contribution < 1.29 is 19.1 Å². The van der Waals surface area contributed by atoms with Crippen molar-refractivity contribution in [3.8, 4) is 0 Å². The summed E-state index contributed by atoms with van der Waals surface area (Å²) in [5, 5.41) is 9.17. The quantitative estimate of drug-likeness (QED) is 0.902. The van der Waals surface area contributed by atoms with Crippen LogP contribution in [0.1, 0.15) is 56.9 Å². The van der Waals surface area contributed by atoms with Gasteiger partial charge in [-0.05, 0) is 38.2 Å². The number of carboxylic acids is 1. The van der Waals surface area contributed by atoms with Crippen molar-refractivity contribution in [3.05, 3.63) is 24.2 Å². The van der Waals surface area contributed by atoms with E-state index < -0.39 is 5.97 Å². The molecule has 2 atom stereocenters. The van der Waals surface area contributed by atoms with Crippen molar-refractivity contribution in [2.24, 2.45) is 11.8 Å². The van der Waals surface area contributed by atoms with Gasteiger partial charge in [0.1, 0.15) is 0 Å². The maximum atomic E-state index is 13.0. The van der Waals surface area contributed by atoms with Gasteiger partial charge >= 0.3 is 5.97 Å². The molecule has 0 aromatic carbocycles. The fourth-order valence-corrected chi connectivity index (χ4v) is 4.02. The lowest BCUT2D eigenvalue weighted by molar-refractivity contribution is -0.142. The number of carbonyl (C=O) groups excluding carboxylic acids is 1. The Kier molecular flexibility index (Phi) is 5.03. The Labute approximate surface area is 136 Å². The summed E-state index contributed by atoms with van der Waals surface area (Å²) in [6, 6.07) is 2.19. The Morgan fingerprint density at radius 2 is 1.87 bits per heavy atom. The first-order valence-corrected chi connectivity index (χ1v) is 8.69. The molecule has 2 saturated carbocycles. The molecule has 0 spiro atoms. The van der Waals surface area contributed by atoms with Crippen molar-refractivity contribution in [1.29, 1.82) is 0 Å². The van der Waals surface area contributed by atoms with Crippen molar-refractivity contribution in [2.75, 3.05) is 0 Å². The van der Waals surface area contributed by atoms with E-state index in [4.69, 9.17) is 4.42 Å². The van der Waals surface area contributed by atoms with Crippen LogP contribution in [0.2, 0.25) is 0 Å². The van der Waals surface area contributed by atoms with Gasteiger partial charge in [0.25, 0.3) is 0 Å². The van der Waals surface area contributed by atoms with Gasteiger partial charge in [-0.15, -0.1) is 0 Å². The smallest absolute Gasteiger partial charge is 0.306 e. The van der Waals surface area contributed by atoms with Crippen molar-refractivity contribution in [3.63, 3.8) is 0 Å². The Morgan fingerprint density at radius 1 is 1.13 bits per heavy atom. The van der Waals surface area contributed by atoms with Crippen LogP contribution >= 0.6 is 0 Å². The second kappa shape index (κ2) is 7.20. The molecule has 23 heavy (non-hydrogen) atoms. The molecule has 2 aliphatic rings. The van der Waals surface area contributed by atoms with Gasteiger partial charge in [0.15, 0.2) is 0 Å². The Morgan fingerprint density at radius 3 is 2.48 bits per heavy atom. The summed E-state index contributed by atoms with van der Waals surface area (Å²) in [5.41, 5.74) is 1.01. The van der Waals surface area contributed by atoms with Crippen LogP contribution in [0.3, 0.4) is 0 Å². The molecule has 1 amide bonds. The van der Waals surface area contributed by atoms with Gasteiger partial charge in [-0.25, -0.2) is 0 Å². The van der Waals surface area contributed by atoms with E-state index in [-0.39, 0.29) is 23.8 Å². The van der Waals surface area contributed by atoms with Crippen LogP contribution in [0.4, 0.5) is 0 Å². The average Bonchev–Trinajstić information content (AvgIpc) is 3.24. The molecule has 5 nitrogen and oxygen atoms in total. The minimum Gasteiger partial charge on any atom is -0.481 e. The molecule has 1 N–H and O–H groups in total. The zero-order valence-corrected chi connectivity index (χ0v) is 13.4. The summed E-state index contributed by atoms with van der Waals surface area (Å²) in [7, 11) is 0. The van der Waals surface area contributed by atoms with E-state index in [1.807, 2.05) is 11.0 Å². The molecule has 0 aliphatic heterocycles. The first kappa shape index (κ1) is 16.1. The maximum absolute atomic E-state index is 13.0. The van der Waals surface area contributed by atoms with Crippen LogP contribution < -0.4 is 0 Å². The van der Waals surface area contributed by atoms with Gasteiger partial charge in [-0.3, -0.25) is 9.59 Å². The third-order valence-electron chi connectivity index (χ3n) is 5.36. The van der Waals surface area contributed by atoms with E-state index in [1.165, 1.54) is 19.3 Å². The molecule has 126 valence electrons. The lowest BCUT2D eigenvalue weighted by atomic mass is 9.92. The fraction of sp³-hybridized carbons (Fsp3) is 0.667. The highest BCUT2D eigenvalue weighted by Gasteiger charge is 2.37. The number of furan rings is 1. The number of hydrogen-bond donors (Lipinski definition) is 1. The Hall–Kier alpha value is -1.78. The predicted octanol–water partition coefficient (Wildman–Crippen LogP) is 3.44. The topological polar surface area (TPSA) is 70.8 Å². The fourth-order valence-electron chi connectivity index (χ4n) is 4.02. The van der Waals surface area contributed by atoms with Crippen LogP contribution in [0.15, 0.2) is 23.0 Å². The van der Waals surface area contributed by atoms with Gasteiger partial charge < -0.3 is 14.4 Å². The van der Waals surface area contributed by atoms with Crippen LogP contribution in [0.25, 0.3) is 0 Å². The van der Waals surface area contributed by atoms with Crippen LogP contribution in [0, 0.1) is 11.8 Å². The van der Waals surface area contributed by atoms with Crippen LogP contribution in [-0.2, 0) is 16.1 Å². The number of carboxylic acid groups (broad SMARTS) is 1. The number of hydrogen-bond acceptors (Lipinski definition) is 3. The van der Waals surface area contributed by atoms with Gasteiger partial charge in [0, 0.05) is 24.1 Å². The molecule has 2 fully saturated rings. The van der Waals surface area contributed by atoms with Gasteiger partial charge in [-0.1, -0.05) is 19.3 Å². The van der Waals surface area contributed by atoms with Gasteiger partial charge in [0.2, 0.25) is 5.91 Å². The third-order valence-corrected chi connectivity index (χ3v) is 5.36. The molecule has 2 aliphatic carbocycles. The van der Waals surface area contributed by atoms with Gasteiger partial charge in [0.05, 0.1) is 18.4 Å². The molecule has 0 bridgehead atoms. The SMILES string of the molecule is O=C(O)[C@@H]1CC[C@H](C(=O)N(Cc2ccoc2)C2CCCCC2)C1. The molecule has 5 heteroatoms. The highest BCUT2D eigenvalue weighted by molar-refractivity contribution is 5.81. The minimum atomic E-state index is -0.764. The minimum absolute atomic E-state index is 0.134. The monoisotopic (exact) mass is 319 g/mol. The summed E-state index contributed by atoms with van der Waals surface area (Å²) in [4.78, 5) is 26.2. The van der Waals surface area contributed by atoms with E-state index >= 15 is 0 Å². The normalized spacial score (nSPS) is 25.4. The molecule has 0 radical (unpaired) electrons. The standard InChI is InChI=1S/C18H25NO4/c20-17(14-6-7-15(10-14)18(21)22)19(11-13-8-9-23-12-13)16-4-2-1-3-5-16/h8-9,12,14-16H,1-7,10-11H2,(H,21,22)/t14-,15+/m0/s1. The lowest BCUT2D eigenvalue weighted by Crippen LogP contribution is -2.43. The molecule has 0 unspecified atom stereocenters. The summed E-state index contributed by atoms with van der Waals surface area (Å²) < 4.78 is 5.14. The van der Waals surface area contributed by atoms with Crippen molar-refractivity contribution >= 4 is 11.9 Å². The third kappa shape index (κ3) is 3.77. The number of amides is 1. The molecule has 3 rings (SSSR count). The second-order valence-corrected chi connectivity index (χ2v) is 6.93. The van der Waals surface area contributed by atoms with E-state index in [9.17, 15) is 14.7 Å². The van der Waals surface area contributed by atoms with Gasteiger partial charge in [-0.2, -0.15) is 0 Å². The van der Waals surface area contributed by atoms with E-state index in [0.717, 1.165) is 18.4 Å². The van der Waals surface area contributed by atoms with Crippen molar-refractivity contribution in [2.45, 2.75) is 64.0 Å². The highest BCUT2D eigenvalue weighted by atomic mass is 16.4. The molecule has 1 heterocycles. The zero-order chi connectivity index (χ0) is 16.2. The first-order valence-electron chi connectivity index (χ1n) is 8.69. The van der Waals surface area contributed by atoms with E-state index in [2.05, 4.69) is 0 Å². The Bertz CT molecular complexity index is 533. The molecule has 0 saturated heterocycles. The zero-order valence-electron chi connectivity index (χ0n) is 13.4. The molecule has 1 aromatic rings. The average molecular weight is 319 g/mol. The van der Waals surface area contributed by atoms with Crippen LogP contribution in [0.5, 0.6) is 0 Å². The first-order chi connectivity index (χ1) is 11.1.